The van der Waals surface area contributed by atoms with Gasteiger partial charge in [-0.1, -0.05) is 76.2 Å². The van der Waals surface area contributed by atoms with E-state index in [1.807, 2.05) is 7.05 Å². The molecule has 0 radical (unpaired) electrons. The van der Waals surface area contributed by atoms with Crippen molar-refractivity contribution >= 4 is 25.0 Å². The molecule has 0 aliphatic rings. The SMILES string of the molecule is CNC[C@@H](C)[C@H](O[Si](C)(C)C(C)(C)C)[C@@H](C)[C@H](CO[Si](C)(C)C(C)(C)C)O[Si](C)(C)C(C)(C)C. The third-order valence-electron chi connectivity index (χ3n) is 9.10. The van der Waals surface area contributed by atoms with E-state index in [0.29, 0.717) is 12.5 Å². The Bertz CT molecular complexity index is 616. The Labute approximate surface area is 218 Å². The van der Waals surface area contributed by atoms with Gasteiger partial charge in [0.2, 0.25) is 0 Å². The highest BCUT2D eigenvalue weighted by atomic mass is 28.4. The van der Waals surface area contributed by atoms with Crippen LogP contribution in [0.5, 0.6) is 0 Å². The van der Waals surface area contributed by atoms with Gasteiger partial charge in [-0.25, -0.2) is 0 Å². The first kappa shape index (κ1) is 34.5. The highest BCUT2D eigenvalue weighted by molar-refractivity contribution is 6.75. The Morgan fingerprint density at radius 3 is 1.38 bits per heavy atom. The zero-order valence-electron chi connectivity index (χ0n) is 26.4. The van der Waals surface area contributed by atoms with Crippen molar-refractivity contribution in [1.82, 2.24) is 5.32 Å². The smallest absolute Gasteiger partial charge is 0.192 e. The zero-order chi connectivity index (χ0) is 27.6. The van der Waals surface area contributed by atoms with Crippen molar-refractivity contribution in [2.45, 2.75) is 143 Å². The van der Waals surface area contributed by atoms with E-state index in [9.17, 15) is 0 Å². The van der Waals surface area contributed by atoms with Crippen LogP contribution in [-0.2, 0) is 13.3 Å². The molecular weight excluding hydrogens is 471 g/mol. The molecule has 0 bridgehead atoms. The third kappa shape index (κ3) is 9.42. The molecule has 4 atom stereocenters. The molecule has 0 spiro atoms. The maximum absolute atomic E-state index is 7.15. The predicted molar refractivity (Wildman–Crippen MR) is 160 cm³/mol. The molecule has 0 rings (SSSR count). The topological polar surface area (TPSA) is 39.7 Å². The van der Waals surface area contributed by atoms with Gasteiger partial charge in [-0.05, 0) is 73.9 Å². The largest absolute Gasteiger partial charge is 0.414 e. The van der Waals surface area contributed by atoms with Crippen molar-refractivity contribution in [3.05, 3.63) is 0 Å². The van der Waals surface area contributed by atoms with E-state index in [0.717, 1.165) is 6.54 Å². The summed E-state index contributed by atoms with van der Waals surface area (Å²) in [6, 6.07) is 0. The molecule has 7 heteroatoms. The summed E-state index contributed by atoms with van der Waals surface area (Å²) in [5.74, 6) is 0.615. The van der Waals surface area contributed by atoms with Crippen LogP contribution in [-0.4, -0.2) is 57.4 Å². The fourth-order valence-corrected chi connectivity index (χ4v) is 7.15. The molecule has 4 nitrogen and oxygen atoms in total. The summed E-state index contributed by atoms with van der Waals surface area (Å²) in [6.45, 7) is 41.3. The van der Waals surface area contributed by atoms with E-state index < -0.39 is 25.0 Å². The van der Waals surface area contributed by atoms with E-state index in [1.165, 1.54) is 0 Å². The van der Waals surface area contributed by atoms with Crippen molar-refractivity contribution in [3.8, 4) is 0 Å². The van der Waals surface area contributed by atoms with Gasteiger partial charge >= 0.3 is 0 Å². The summed E-state index contributed by atoms with van der Waals surface area (Å²) >= 11 is 0. The molecule has 0 unspecified atom stereocenters. The third-order valence-corrected chi connectivity index (χ3v) is 22.6. The molecule has 0 saturated heterocycles. The molecule has 0 heterocycles. The highest BCUT2D eigenvalue weighted by Crippen LogP contribution is 2.43. The van der Waals surface area contributed by atoms with Gasteiger partial charge in [0, 0.05) is 5.92 Å². The minimum Gasteiger partial charge on any atom is -0.414 e. The first-order chi connectivity index (χ1) is 14.8. The summed E-state index contributed by atoms with van der Waals surface area (Å²) in [5.41, 5.74) is 0. The molecule has 0 aliphatic heterocycles. The van der Waals surface area contributed by atoms with Gasteiger partial charge in [0.05, 0.1) is 18.8 Å². The van der Waals surface area contributed by atoms with Gasteiger partial charge in [0.1, 0.15) is 0 Å². The quantitative estimate of drug-likeness (QED) is 0.256. The van der Waals surface area contributed by atoms with Crippen molar-refractivity contribution in [3.63, 3.8) is 0 Å². The van der Waals surface area contributed by atoms with Crippen LogP contribution in [0.25, 0.3) is 0 Å². The van der Waals surface area contributed by atoms with Crippen LogP contribution >= 0.6 is 0 Å². The minimum absolute atomic E-state index is 0.0177. The molecule has 0 aromatic heterocycles. The van der Waals surface area contributed by atoms with E-state index >= 15 is 0 Å². The van der Waals surface area contributed by atoms with Gasteiger partial charge in [0.25, 0.3) is 0 Å². The van der Waals surface area contributed by atoms with Gasteiger partial charge in [-0.2, -0.15) is 0 Å². The fraction of sp³-hybridized carbons (Fsp3) is 1.00. The monoisotopic (exact) mass is 533 g/mol. The van der Waals surface area contributed by atoms with Crippen LogP contribution in [0.3, 0.4) is 0 Å². The van der Waals surface area contributed by atoms with Crippen LogP contribution in [0.1, 0.15) is 76.2 Å². The molecule has 0 amide bonds. The van der Waals surface area contributed by atoms with Crippen molar-refractivity contribution in [2.24, 2.45) is 11.8 Å². The molecule has 0 fully saturated rings. The van der Waals surface area contributed by atoms with E-state index in [-0.39, 0.29) is 33.2 Å². The van der Waals surface area contributed by atoms with E-state index in [1.54, 1.807) is 0 Å². The summed E-state index contributed by atoms with van der Waals surface area (Å²) in [6.07, 6.45) is 0.134. The van der Waals surface area contributed by atoms with Crippen molar-refractivity contribution in [2.75, 3.05) is 20.2 Å². The normalized spacial score (nSPS) is 18.5. The lowest BCUT2D eigenvalue weighted by Gasteiger charge is -2.47. The number of nitrogens with one attached hydrogen (secondary N) is 1. The lowest BCUT2D eigenvalue weighted by molar-refractivity contribution is -0.0133. The predicted octanol–water partition coefficient (Wildman–Crippen LogP) is 8.28. The molecule has 0 saturated carbocycles. The van der Waals surface area contributed by atoms with Crippen molar-refractivity contribution in [1.29, 1.82) is 0 Å². The van der Waals surface area contributed by atoms with Crippen LogP contribution in [0.2, 0.25) is 54.4 Å². The summed E-state index contributed by atoms with van der Waals surface area (Å²) in [5, 5.41) is 3.88. The molecule has 0 aliphatic carbocycles. The van der Waals surface area contributed by atoms with Crippen LogP contribution in [0, 0.1) is 11.8 Å². The van der Waals surface area contributed by atoms with Crippen LogP contribution in [0.4, 0.5) is 0 Å². The van der Waals surface area contributed by atoms with Gasteiger partial charge in [-0.3, -0.25) is 0 Å². The molecular formula is C27H63NO3Si3. The van der Waals surface area contributed by atoms with E-state index in [2.05, 4.69) is 121 Å². The lowest BCUT2D eigenvalue weighted by Crippen LogP contribution is -2.55. The Balaban J connectivity index is 6.28. The number of rotatable bonds is 12. The first-order valence-corrected chi connectivity index (χ1v) is 22.2. The fourth-order valence-electron chi connectivity index (χ4n) is 3.26. The van der Waals surface area contributed by atoms with Gasteiger partial charge in [0.15, 0.2) is 25.0 Å². The lowest BCUT2D eigenvalue weighted by atomic mass is 9.89. The highest BCUT2D eigenvalue weighted by Gasteiger charge is 2.46. The number of hydrogen-bond donors (Lipinski definition) is 1. The van der Waals surface area contributed by atoms with Crippen molar-refractivity contribution < 1.29 is 13.3 Å². The average molecular weight is 534 g/mol. The molecule has 0 aromatic rings. The zero-order valence-corrected chi connectivity index (χ0v) is 29.4. The second kappa shape index (κ2) is 11.9. The summed E-state index contributed by atoms with van der Waals surface area (Å²) < 4.78 is 21.1. The van der Waals surface area contributed by atoms with Gasteiger partial charge in [-0.15, -0.1) is 0 Å². The number of hydrogen-bond acceptors (Lipinski definition) is 4. The Morgan fingerprint density at radius 1 is 0.647 bits per heavy atom. The van der Waals surface area contributed by atoms with Crippen LogP contribution < -0.4 is 5.32 Å². The second-order valence-corrected chi connectivity index (χ2v) is 29.5. The summed E-state index contributed by atoms with van der Waals surface area (Å²) in [4.78, 5) is 0. The Morgan fingerprint density at radius 2 is 1.03 bits per heavy atom. The minimum atomic E-state index is -1.99. The standard InChI is InChI=1S/C27H63NO3Si3/c1-21(19-28-12)24(31-34(17,18)27(9,10)11)22(2)23(30-33(15,16)26(6,7)8)20-29-32(13,14)25(3,4)5/h21-24,28H,19-20H2,1-18H3/t21-,22+,23+,24+/m1/s1. The Kier molecular flexibility index (Phi) is 12.1. The first-order valence-electron chi connectivity index (χ1n) is 13.4. The summed E-state index contributed by atoms with van der Waals surface area (Å²) in [7, 11) is -3.81. The molecule has 34 heavy (non-hydrogen) atoms. The Hall–Kier alpha value is 0.491. The van der Waals surface area contributed by atoms with Crippen LogP contribution in [0.15, 0.2) is 0 Å². The second-order valence-electron chi connectivity index (χ2n) is 15.2. The average Bonchev–Trinajstić information content (AvgIpc) is 2.59. The molecule has 0 aromatic carbocycles. The molecule has 206 valence electrons. The van der Waals surface area contributed by atoms with E-state index in [4.69, 9.17) is 13.3 Å². The van der Waals surface area contributed by atoms with Gasteiger partial charge < -0.3 is 18.6 Å². The molecule has 1 N–H and O–H groups in total. The maximum atomic E-state index is 7.15. The maximum Gasteiger partial charge on any atom is 0.192 e.